The van der Waals surface area contributed by atoms with Gasteiger partial charge in [-0.05, 0) is 24.3 Å². The van der Waals surface area contributed by atoms with Crippen LogP contribution in [0.25, 0.3) is 26.0 Å². The summed E-state index contributed by atoms with van der Waals surface area (Å²) >= 11 is 1.39. The molecule has 118 valence electrons. The van der Waals surface area contributed by atoms with Crippen molar-refractivity contribution in [1.29, 1.82) is 0 Å². The summed E-state index contributed by atoms with van der Waals surface area (Å²) in [7, 11) is 0. The summed E-state index contributed by atoms with van der Waals surface area (Å²) in [5.41, 5.74) is 0.186. The molecule has 0 aliphatic heterocycles. The van der Waals surface area contributed by atoms with Crippen molar-refractivity contribution in [3.8, 4) is 5.69 Å². The minimum atomic E-state index is -0.296. The molecular weight excluding hydrogens is 320 g/mol. The van der Waals surface area contributed by atoms with Crippen molar-refractivity contribution in [2.45, 2.75) is 13.3 Å². The van der Waals surface area contributed by atoms with Crippen LogP contribution >= 0.6 is 11.3 Å². The summed E-state index contributed by atoms with van der Waals surface area (Å²) in [6.45, 7) is 1.96. The Hall–Kier alpha value is -2.79. The second kappa shape index (κ2) is 5.69. The molecule has 24 heavy (non-hydrogen) atoms. The van der Waals surface area contributed by atoms with Crippen molar-refractivity contribution in [2.75, 3.05) is 0 Å². The summed E-state index contributed by atoms with van der Waals surface area (Å²) in [6.07, 6.45) is 0.605. The lowest BCUT2D eigenvalue weighted by molar-refractivity contribution is 0.835. The van der Waals surface area contributed by atoms with Gasteiger partial charge in [0.2, 0.25) is 5.43 Å². The summed E-state index contributed by atoms with van der Waals surface area (Å²) in [5.74, 6) is 0.657. The predicted octanol–water partition coefficient (Wildman–Crippen LogP) is 3.52. The quantitative estimate of drug-likeness (QED) is 0.527. The van der Waals surface area contributed by atoms with E-state index in [0.717, 1.165) is 10.4 Å². The molecule has 0 saturated heterocycles. The zero-order chi connectivity index (χ0) is 16.7. The van der Waals surface area contributed by atoms with Crippen LogP contribution in [0.15, 0.2) is 64.2 Å². The zero-order valence-corrected chi connectivity index (χ0v) is 13.8. The van der Waals surface area contributed by atoms with E-state index in [1.807, 2.05) is 55.5 Å². The molecule has 0 amide bonds. The lowest BCUT2D eigenvalue weighted by Crippen LogP contribution is -2.27. The highest BCUT2D eigenvalue weighted by atomic mass is 32.1. The lowest BCUT2D eigenvalue weighted by atomic mass is 10.2. The molecule has 2 aromatic heterocycles. The van der Waals surface area contributed by atoms with E-state index in [0.29, 0.717) is 22.5 Å². The fraction of sp³-hybridized carbons (Fsp3) is 0.105. The van der Waals surface area contributed by atoms with Crippen LogP contribution in [0.1, 0.15) is 12.7 Å². The van der Waals surface area contributed by atoms with Crippen molar-refractivity contribution in [3.63, 3.8) is 0 Å². The maximum Gasteiger partial charge on any atom is 0.270 e. The summed E-state index contributed by atoms with van der Waals surface area (Å²) in [5, 5.41) is 0.734. The molecule has 4 nitrogen and oxygen atoms in total. The van der Waals surface area contributed by atoms with E-state index in [2.05, 4.69) is 4.98 Å². The number of fused-ring (bicyclic) bond motifs is 2. The molecule has 0 saturated carbocycles. The second-order valence-corrected chi connectivity index (χ2v) is 6.50. The smallest absolute Gasteiger partial charge is 0.270 e. The first-order valence-corrected chi connectivity index (χ1v) is 8.55. The molecule has 0 spiro atoms. The Kier molecular flexibility index (Phi) is 3.50. The normalized spacial score (nSPS) is 11.2. The Balaban J connectivity index is 2.21. The first-order valence-electron chi connectivity index (χ1n) is 7.73. The average Bonchev–Trinajstić information content (AvgIpc) is 2.62. The number of aryl methyl sites for hydroxylation is 1. The van der Waals surface area contributed by atoms with E-state index in [-0.39, 0.29) is 16.4 Å². The number of nitrogens with zero attached hydrogens (tertiary/aromatic N) is 2. The third-order valence-electron chi connectivity index (χ3n) is 4.02. The topological polar surface area (TPSA) is 52.0 Å². The van der Waals surface area contributed by atoms with E-state index >= 15 is 0 Å². The molecule has 0 aliphatic rings. The van der Waals surface area contributed by atoms with E-state index in [1.54, 1.807) is 10.6 Å². The van der Waals surface area contributed by atoms with Gasteiger partial charge in [-0.1, -0.05) is 37.3 Å². The van der Waals surface area contributed by atoms with Crippen LogP contribution < -0.4 is 11.0 Å². The van der Waals surface area contributed by atoms with Crippen LogP contribution in [0.5, 0.6) is 0 Å². The first-order chi connectivity index (χ1) is 11.7. The van der Waals surface area contributed by atoms with Crippen LogP contribution in [0.4, 0.5) is 0 Å². The minimum absolute atomic E-state index is 0.166. The second-order valence-electron chi connectivity index (χ2n) is 5.47. The van der Waals surface area contributed by atoms with Gasteiger partial charge in [-0.2, -0.15) is 0 Å². The third kappa shape index (κ3) is 2.17. The fourth-order valence-corrected chi connectivity index (χ4v) is 3.93. The van der Waals surface area contributed by atoms with Gasteiger partial charge in [-0.25, -0.2) is 4.98 Å². The standard InChI is InChI=1S/C19H14N2O2S/c1-2-15-20-18-16(17(22)13-10-6-7-11-14(13)24-18)19(23)21(15)12-8-4-3-5-9-12/h3-11H,2H2,1H3. The third-order valence-corrected chi connectivity index (χ3v) is 5.08. The van der Waals surface area contributed by atoms with Crippen molar-refractivity contribution in [1.82, 2.24) is 9.55 Å². The van der Waals surface area contributed by atoms with E-state index in [9.17, 15) is 9.59 Å². The highest BCUT2D eigenvalue weighted by Gasteiger charge is 2.16. The molecule has 0 aliphatic carbocycles. The van der Waals surface area contributed by atoms with Crippen molar-refractivity contribution >= 4 is 31.6 Å². The monoisotopic (exact) mass is 334 g/mol. The number of aromatic nitrogens is 2. The van der Waals surface area contributed by atoms with E-state index in [1.165, 1.54) is 11.3 Å². The van der Waals surface area contributed by atoms with Gasteiger partial charge in [0.25, 0.3) is 5.56 Å². The van der Waals surface area contributed by atoms with Crippen LogP contribution in [0.2, 0.25) is 0 Å². The van der Waals surface area contributed by atoms with Crippen LogP contribution in [0, 0.1) is 0 Å². The van der Waals surface area contributed by atoms with Gasteiger partial charge in [0, 0.05) is 16.5 Å². The molecule has 0 bridgehead atoms. The van der Waals surface area contributed by atoms with Crippen molar-refractivity contribution in [3.05, 3.63) is 81.0 Å². The molecule has 2 aromatic carbocycles. The molecular formula is C19H14N2O2S. The highest BCUT2D eigenvalue weighted by Crippen LogP contribution is 2.22. The molecule has 2 heterocycles. The van der Waals surface area contributed by atoms with Crippen LogP contribution in [-0.2, 0) is 6.42 Å². The molecule has 4 aromatic rings. The van der Waals surface area contributed by atoms with Gasteiger partial charge < -0.3 is 0 Å². The van der Waals surface area contributed by atoms with Gasteiger partial charge >= 0.3 is 0 Å². The molecule has 5 heteroatoms. The number of rotatable bonds is 2. The Morgan fingerprint density at radius 1 is 1.00 bits per heavy atom. The summed E-state index contributed by atoms with van der Waals surface area (Å²) < 4.78 is 2.40. The van der Waals surface area contributed by atoms with Crippen LogP contribution in [-0.4, -0.2) is 9.55 Å². The largest absolute Gasteiger partial charge is 0.288 e. The molecule has 0 fully saturated rings. The number of benzene rings is 2. The van der Waals surface area contributed by atoms with Crippen LogP contribution in [0.3, 0.4) is 0 Å². The van der Waals surface area contributed by atoms with E-state index in [4.69, 9.17) is 0 Å². The number of hydrogen-bond donors (Lipinski definition) is 0. The zero-order valence-electron chi connectivity index (χ0n) is 13.0. The first kappa shape index (κ1) is 14.8. The maximum atomic E-state index is 13.1. The Morgan fingerprint density at radius 3 is 2.46 bits per heavy atom. The SMILES string of the molecule is CCc1nc2sc3ccccc3c(=O)c2c(=O)n1-c1ccccc1. The molecule has 0 radical (unpaired) electrons. The average molecular weight is 334 g/mol. The maximum absolute atomic E-state index is 13.1. The van der Waals surface area contributed by atoms with Crippen molar-refractivity contribution in [2.24, 2.45) is 0 Å². The summed E-state index contributed by atoms with van der Waals surface area (Å²) in [6, 6.07) is 16.7. The fourth-order valence-electron chi connectivity index (χ4n) is 2.87. The van der Waals surface area contributed by atoms with Gasteiger partial charge in [-0.15, -0.1) is 11.3 Å². The van der Waals surface area contributed by atoms with Gasteiger partial charge in [0.15, 0.2) is 0 Å². The highest BCUT2D eigenvalue weighted by molar-refractivity contribution is 7.24. The number of hydrogen-bond acceptors (Lipinski definition) is 4. The Bertz CT molecular complexity index is 1180. The lowest BCUT2D eigenvalue weighted by Gasteiger charge is -2.12. The minimum Gasteiger partial charge on any atom is -0.288 e. The van der Waals surface area contributed by atoms with E-state index < -0.39 is 0 Å². The molecule has 0 N–H and O–H groups in total. The summed E-state index contributed by atoms with van der Waals surface area (Å²) in [4.78, 5) is 31.1. The molecule has 4 rings (SSSR count). The Morgan fingerprint density at radius 2 is 1.71 bits per heavy atom. The molecule has 0 unspecified atom stereocenters. The van der Waals surface area contributed by atoms with Gasteiger partial charge in [0.05, 0.1) is 5.69 Å². The van der Waals surface area contributed by atoms with Crippen molar-refractivity contribution < 1.29 is 0 Å². The van der Waals surface area contributed by atoms with Gasteiger partial charge in [0.1, 0.15) is 16.0 Å². The number of para-hydroxylation sites is 1. The molecule has 0 atom stereocenters. The van der Waals surface area contributed by atoms with Gasteiger partial charge in [-0.3, -0.25) is 14.2 Å². The Labute approximate surface area is 141 Å². The predicted molar refractivity (Wildman–Crippen MR) is 98.4 cm³/mol.